The highest BCUT2D eigenvalue weighted by Crippen LogP contribution is 2.34. The molecule has 0 bridgehead atoms. The Morgan fingerprint density at radius 1 is 1.16 bits per heavy atom. The second kappa shape index (κ2) is 6.14. The van der Waals surface area contributed by atoms with Crippen LogP contribution in [0, 0.1) is 0 Å². The van der Waals surface area contributed by atoms with Crippen LogP contribution in [0.2, 0.25) is 5.02 Å². The fourth-order valence-corrected chi connectivity index (χ4v) is 2.70. The third-order valence-corrected chi connectivity index (χ3v) is 3.95. The first-order valence-electron chi connectivity index (χ1n) is 7.40. The highest BCUT2D eigenvalue weighted by Gasteiger charge is 2.26. The zero-order valence-corrected chi connectivity index (χ0v) is 13.9. The largest absolute Gasteiger partial charge is 0.496 e. The quantitative estimate of drug-likeness (QED) is 0.622. The molecule has 0 aromatic heterocycles. The molecule has 0 saturated carbocycles. The summed E-state index contributed by atoms with van der Waals surface area (Å²) in [6.07, 6.45) is 1.62. The third kappa shape index (κ3) is 2.92. The molecule has 6 nitrogen and oxygen atoms in total. The fraction of sp³-hybridized carbons (Fsp3) is 0.111. The number of hydrogen-bond acceptors (Lipinski definition) is 6. The maximum absolute atomic E-state index is 12.1. The first kappa shape index (κ1) is 15.5. The average Bonchev–Trinajstić information content (AvgIpc) is 3.21. The summed E-state index contributed by atoms with van der Waals surface area (Å²) in [6, 6.07) is 10.4. The minimum Gasteiger partial charge on any atom is -0.496 e. The van der Waals surface area contributed by atoms with Crippen molar-refractivity contribution in [3.05, 3.63) is 58.2 Å². The van der Waals surface area contributed by atoms with Crippen LogP contribution in [0.25, 0.3) is 6.08 Å². The number of ether oxygens (including phenoxy) is 4. The molecule has 0 radical (unpaired) electrons. The van der Waals surface area contributed by atoms with Gasteiger partial charge in [0, 0.05) is 5.02 Å². The van der Waals surface area contributed by atoms with Gasteiger partial charge in [0.1, 0.15) is 5.75 Å². The van der Waals surface area contributed by atoms with Crippen molar-refractivity contribution in [3.63, 3.8) is 0 Å². The number of aliphatic imine (C=N–C) groups is 1. The van der Waals surface area contributed by atoms with Gasteiger partial charge in [-0.05, 0) is 42.0 Å². The Bertz CT molecular complexity index is 935. The van der Waals surface area contributed by atoms with Crippen molar-refractivity contribution in [1.29, 1.82) is 0 Å². The van der Waals surface area contributed by atoms with Crippen LogP contribution in [0.3, 0.4) is 0 Å². The molecule has 2 aliphatic heterocycles. The van der Waals surface area contributed by atoms with Gasteiger partial charge >= 0.3 is 5.97 Å². The molecule has 2 aromatic carbocycles. The maximum atomic E-state index is 12.1. The van der Waals surface area contributed by atoms with E-state index in [9.17, 15) is 4.79 Å². The topological polar surface area (TPSA) is 66.3 Å². The second-order valence-corrected chi connectivity index (χ2v) is 5.73. The second-order valence-electron chi connectivity index (χ2n) is 5.29. The van der Waals surface area contributed by atoms with Gasteiger partial charge in [0.15, 0.2) is 17.2 Å². The number of carbonyl (C=O) groups excluding carboxylic acids is 1. The van der Waals surface area contributed by atoms with Crippen LogP contribution in [-0.4, -0.2) is 25.8 Å². The van der Waals surface area contributed by atoms with Gasteiger partial charge in [-0.25, -0.2) is 9.79 Å². The summed E-state index contributed by atoms with van der Waals surface area (Å²) in [6.45, 7) is 0.189. The SMILES string of the molecule is COc1ccc(Cl)cc1C1=NC(=Cc2ccc3c(c2)OCO3)C(=O)O1. The Hall–Kier alpha value is -2.99. The maximum Gasteiger partial charge on any atom is 0.363 e. The molecule has 4 rings (SSSR count). The van der Waals surface area contributed by atoms with Crippen LogP contribution < -0.4 is 14.2 Å². The molecule has 0 spiro atoms. The van der Waals surface area contributed by atoms with E-state index in [0.717, 1.165) is 5.56 Å². The number of halogens is 1. The summed E-state index contributed by atoms with van der Waals surface area (Å²) >= 11 is 6.02. The normalized spacial score (nSPS) is 16.8. The lowest BCUT2D eigenvalue weighted by atomic mass is 10.1. The number of benzene rings is 2. The zero-order valence-electron chi connectivity index (χ0n) is 13.1. The molecule has 2 aliphatic rings. The summed E-state index contributed by atoms with van der Waals surface area (Å²) < 4.78 is 21.1. The summed E-state index contributed by atoms with van der Waals surface area (Å²) in [5.41, 5.74) is 1.44. The predicted octanol–water partition coefficient (Wildman–Crippen LogP) is 3.42. The number of hydrogen-bond donors (Lipinski definition) is 0. The Morgan fingerprint density at radius 2 is 2.00 bits per heavy atom. The number of cyclic esters (lactones) is 1. The van der Waals surface area contributed by atoms with Crippen molar-refractivity contribution < 1.29 is 23.7 Å². The Labute approximate surface area is 148 Å². The number of nitrogens with zero attached hydrogens (tertiary/aromatic N) is 1. The number of methoxy groups -OCH3 is 1. The molecule has 2 aromatic rings. The fourth-order valence-electron chi connectivity index (χ4n) is 2.53. The smallest absolute Gasteiger partial charge is 0.363 e. The molecule has 0 unspecified atom stereocenters. The van der Waals surface area contributed by atoms with Crippen molar-refractivity contribution in [2.75, 3.05) is 13.9 Å². The molecular formula is C18H12ClNO5. The standard InChI is InChI=1S/C18H12ClNO5/c1-22-14-5-3-11(19)8-12(14)17-20-13(18(21)25-17)6-10-2-4-15-16(7-10)24-9-23-15/h2-8H,9H2,1H3. The Balaban J connectivity index is 1.70. The number of esters is 1. The molecule has 0 aliphatic carbocycles. The molecule has 7 heteroatoms. The van der Waals surface area contributed by atoms with Crippen LogP contribution in [0.15, 0.2) is 47.1 Å². The van der Waals surface area contributed by atoms with Gasteiger partial charge in [-0.15, -0.1) is 0 Å². The molecule has 2 heterocycles. The van der Waals surface area contributed by atoms with Crippen molar-refractivity contribution in [1.82, 2.24) is 0 Å². The summed E-state index contributed by atoms with van der Waals surface area (Å²) in [7, 11) is 1.52. The predicted molar refractivity (Wildman–Crippen MR) is 91.2 cm³/mol. The van der Waals surface area contributed by atoms with E-state index in [2.05, 4.69) is 4.99 Å². The Kier molecular flexibility index (Phi) is 3.82. The van der Waals surface area contributed by atoms with Crippen molar-refractivity contribution in [2.24, 2.45) is 4.99 Å². The van der Waals surface area contributed by atoms with Gasteiger partial charge in [0.2, 0.25) is 12.7 Å². The van der Waals surface area contributed by atoms with Crippen molar-refractivity contribution >= 4 is 29.5 Å². The van der Waals surface area contributed by atoms with E-state index in [4.69, 9.17) is 30.5 Å². The van der Waals surface area contributed by atoms with Gasteiger partial charge in [-0.1, -0.05) is 17.7 Å². The van der Waals surface area contributed by atoms with Crippen LogP contribution in [0.1, 0.15) is 11.1 Å². The van der Waals surface area contributed by atoms with Crippen LogP contribution in [-0.2, 0) is 9.53 Å². The first-order chi connectivity index (χ1) is 12.1. The lowest BCUT2D eigenvalue weighted by Gasteiger charge is -2.07. The minimum atomic E-state index is -0.547. The van der Waals surface area contributed by atoms with Crippen molar-refractivity contribution in [3.8, 4) is 17.2 Å². The van der Waals surface area contributed by atoms with E-state index in [1.54, 1.807) is 42.5 Å². The molecule has 0 N–H and O–H groups in total. The van der Waals surface area contributed by atoms with Gasteiger partial charge < -0.3 is 18.9 Å². The zero-order chi connectivity index (χ0) is 17.4. The molecular weight excluding hydrogens is 346 g/mol. The lowest BCUT2D eigenvalue weighted by Crippen LogP contribution is -2.07. The summed E-state index contributed by atoms with van der Waals surface area (Å²) in [5.74, 6) is 1.41. The van der Waals surface area contributed by atoms with Gasteiger partial charge in [0.05, 0.1) is 12.7 Å². The van der Waals surface area contributed by atoms with E-state index in [-0.39, 0.29) is 18.4 Å². The van der Waals surface area contributed by atoms with E-state index < -0.39 is 5.97 Å². The first-order valence-corrected chi connectivity index (χ1v) is 7.78. The Morgan fingerprint density at radius 3 is 2.84 bits per heavy atom. The average molecular weight is 358 g/mol. The van der Waals surface area contributed by atoms with Crippen LogP contribution in [0.4, 0.5) is 0 Å². The van der Waals surface area contributed by atoms with E-state index in [1.807, 2.05) is 0 Å². The molecule has 0 fully saturated rings. The molecule has 0 atom stereocenters. The number of carbonyl (C=O) groups is 1. The van der Waals surface area contributed by atoms with E-state index >= 15 is 0 Å². The monoisotopic (exact) mass is 357 g/mol. The van der Waals surface area contributed by atoms with Gasteiger partial charge in [-0.3, -0.25) is 0 Å². The number of rotatable bonds is 3. The summed E-state index contributed by atoms with van der Waals surface area (Å²) in [4.78, 5) is 16.4. The summed E-state index contributed by atoms with van der Waals surface area (Å²) in [5, 5.41) is 0.489. The number of fused-ring (bicyclic) bond motifs is 1. The molecule has 0 amide bonds. The molecule has 126 valence electrons. The van der Waals surface area contributed by atoms with Crippen LogP contribution >= 0.6 is 11.6 Å². The highest BCUT2D eigenvalue weighted by atomic mass is 35.5. The van der Waals surface area contributed by atoms with Crippen LogP contribution in [0.5, 0.6) is 17.2 Å². The van der Waals surface area contributed by atoms with E-state index in [1.165, 1.54) is 7.11 Å². The van der Waals surface area contributed by atoms with Crippen molar-refractivity contribution in [2.45, 2.75) is 0 Å². The van der Waals surface area contributed by atoms with Gasteiger partial charge in [-0.2, -0.15) is 0 Å². The van der Waals surface area contributed by atoms with Gasteiger partial charge in [0.25, 0.3) is 0 Å². The minimum absolute atomic E-state index is 0.149. The highest BCUT2D eigenvalue weighted by molar-refractivity contribution is 6.31. The third-order valence-electron chi connectivity index (χ3n) is 3.71. The molecule has 25 heavy (non-hydrogen) atoms. The molecule has 0 saturated heterocycles. The lowest BCUT2D eigenvalue weighted by molar-refractivity contribution is -0.129. The van der Waals surface area contributed by atoms with E-state index in [0.29, 0.717) is 27.8 Å².